The molecule has 0 aliphatic carbocycles. The fourth-order valence-electron chi connectivity index (χ4n) is 2.38. The van der Waals surface area contributed by atoms with Crippen molar-refractivity contribution in [3.05, 3.63) is 71.4 Å². The molecule has 0 aliphatic heterocycles. The summed E-state index contributed by atoms with van der Waals surface area (Å²) in [5.74, 6) is 0. The lowest BCUT2D eigenvalue weighted by molar-refractivity contribution is 1.19. The van der Waals surface area contributed by atoms with Gasteiger partial charge in [0, 0.05) is 17.3 Å². The van der Waals surface area contributed by atoms with E-state index in [2.05, 4.69) is 35.3 Å². The molecule has 0 saturated carbocycles. The molecule has 0 atom stereocenters. The van der Waals surface area contributed by atoms with Crippen LogP contribution >= 0.6 is 0 Å². The lowest BCUT2D eigenvalue weighted by Gasteiger charge is -2.08. The molecule has 2 aromatic carbocycles. The van der Waals surface area contributed by atoms with Crippen molar-refractivity contribution < 1.29 is 0 Å². The van der Waals surface area contributed by atoms with Crippen LogP contribution in [0, 0.1) is 6.92 Å². The topological polar surface area (TPSA) is 38.9 Å². The molecule has 3 rings (SSSR count). The van der Waals surface area contributed by atoms with Gasteiger partial charge in [-0.15, -0.1) is 0 Å². The van der Waals surface area contributed by atoms with Crippen LogP contribution in [-0.4, -0.2) is 4.98 Å². The van der Waals surface area contributed by atoms with Gasteiger partial charge in [0.2, 0.25) is 0 Å². The average molecular weight is 248 g/mol. The summed E-state index contributed by atoms with van der Waals surface area (Å²) < 4.78 is 0. The molecule has 0 spiro atoms. The number of nitrogens with zero attached hydrogens (tertiary/aromatic N) is 1. The van der Waals surface area contributed by atoms with Crippen LogP contribution in [0.3, 0.4) is 0 Å². The molecule has 2 N–H and O–H groups in total. The molecule has 1 heterocycles. The predicted octanol–water partition coefficient (Wildman–Crippen LogP) is 3.72. The van der Waals surface area contributed by atoms with Gasteiger partial charge in [0.15, 0.2) is 0 Å². The molecule has 0 aliphatic rings. The number of rotatable bonds is 2. The van der Waals surface area contributed by atoms with Crippen LogP contribution in [0.4, 0.5) is 5.69 Å². The molecule has 3 aromatic rings. The summed E-state index contributed by atoms with van der Waals surface area (Å²) in [5.41, 5.74) is 11.5. The Morgan fingerprint density at radius 2 is 1.89 bits per heavy atom. The minimum Gasteiger partial charge on any atom is -0.399 e. The van der Waals surface area contributed by atoms with E-state index in [-0.39, 0.29) is 0 Å². The fourth-order valence-corrected chi connectivity index (χ4v) is 2.38. The van der Waals surface area contributed by atoms with Gasteiger partial charge < -0.3 is 5.73 Å². The number of aryl methyl sites for hydroxylation is 1. The first-order valence-corrected chi connectivity index (χ1v) is 6.41. The minimum atomic E-state index is 0.850. The molecule has 0 unspecified atom stereocenters. The first kappa shape index (κ1) is 11.7. The number of pyridine rings is 1. The number of aromatic nitrogens is 1. The van der Waals surface area contributed by atoms with E-state index in [0.29, 0.717) is 0 Å². The number of hydrogen-bond donors (Lipinski definition) is 1. The van der Waals surface area contributed by atoms with Gasteiger partial charge in [-0.05, 0) is 48.2 Å². The van der Waals surface area contributed by atoms with E-state index in [9.17, 15) is 0 Å². The summed E-state index contributed by atoms with van der Waals surface area (Å²) in [6.07, 6.45) is 2.78. The van der Waals surface area contributed by atoms with Gasteiger partial charge in [-0.1, -0.05) is 30.3 Å². The van der Waals surface area contributed by atoms with Crippen molar-refractivity contribution in [2.45, 2.75) is 13.3 Å². The summed E-state index contributed by atoms with van der Waals surface area (Å²) in [7, 11) is 0. The van der Waals surface area contributed by atoms with Crippen molar-refractivity contribution in [3.63, 3.8) is 0 Å². The number of nitrogens with two attached hydrogens (primary N) is 1. The third-order valence-electron chi connectivity index (χ3n) is 3.47. The first-order valence-electron chi connectivity index (χ1n) is 6.41. The van der Waals surface area contributed by atoms with Gasteiger partial charge in [0.05, 0.1) is 5.52 Å². The number of benzene rings is 2. The quantitative estimate of drug-likeness (QED) is 0.702. The van der Waals surface area contributed by atoms with Crippen LogP contribution in [0.15, 0.2) is 54.7 Å². The number of hydrogen-bond acceptors (Lipinski definition) is 2. The van der Waals surface area contributed by atoms with E-state index in [1.807, 2.05) is 31.3 Å². The molecule has 0 fully saturated rings. The van der Waals surface area contributed by atoms with Crippen molar-refractivity contribution in [1.29, 1.82) is 0 Å². The van der Waals surface area contributed by atoms with Crippen molar-refractivity contribution >= 4 is 16.6 Å². The fraction of sp³-hybridized carbons (Fsp3) is 0.118. The second-order valence-electron chi connectivity index (χ2n) is 4.85. The Kier molecular flexibility index (Phi) is 2.92. The van der Waals surface area contributed by atoms with Crippen LogP contribution in [0.5, 0.6) is 0 Å². The van der Waals surface area contributed by atoms with Crippen LogP contribution in [0.2, 0.25) is 0 Å². The van der Waals surface area contributed by atoms with Crippen molar-refractivity contribution in [2.24, 2.45) is 0 Å². The van der Waals surface area contributed by atoms with Crippen molar-refractivity contribution in [2.75, 3.05) is 5.73 Å². The zero-order valence-corrected chi connectivity index (χ0v) is 10.9. The maximum Gasteiger partial charge on any atom is 0.0704 e. The van der Waals surface area contributed by atoms with Gasteiger partial charge in [-0.3, -0.25) is 4.98 Å². The molecule has 1 aromatic heterocycles. The van der Waals surface area contributed by atoms with Gasteiger partial charge in [0.1, 0.15) is 0 Å². The number of nitrogen functional groups attached to an aromatic ring is 1. The molecule has 0 radical (unpaired) electrons. The molecule has 94 valence electrons. The Morgan fingerprint density at radius 1 is 1.05 bits per heavy atom. The predicted molar refractivity (Wildman–Crippen MR) is 80.1 cm³/mol. The summed E-state index contributed by atoms with van der Waals surface area (Å²) in [5, 5.41) is 1.22. The summed E-state index contributed by atoms with van der Waals surface area (Å²) in [4.78, 5) is 4.40. The molecule has 0 bridgehead atoms. The largest absolute Gasteiger partial charge is 0.399 e. The van der Waals surface area contributed by atoms with Crippen LogP contribution in [0.1, 0.15) is 16.7 Å². The number of fused-ring (bicyclic) bond motifs is 1. The Bertz CT molecular complexity index is 727. The Balaban J connectivity index is 2.03. The highest BCUT2D eigenvalue weighted by Crippen LogP contribution is 2.21. The lowest BCUT2D eigenvalue weighted by atomic mass is 9.99. The monoisotopic (exact) mass is 248 g/mol. The summed E-state index contributed by atoms with van der Waals surface area (Å²) >= 11 is 0. The second-order valence-corrected chi connectivity index (χ2v) is 4.85. The maximum atomic E-state index is 5.86. The first-order chi connectivity index (χ1) is 9.24. The second kappa shape index (κ2) is 4.73. The standard InChI is InChI=1S/C17H16N2/c1-12-10-13(6-7-16(12)18)11-14-8-9-19-17-5-3-2-4-15(14)17/h2-10H,11,18H2,1H3. The summed E-state index contributed by atoms with van der Waals surface area (Å²) in [6, 6.07) is 16.6. The molecule has 0 amide bonds. The van der Waals surface area contributed by atoms with Crippen molar-refractivity contribution in [1.82, 2.24) is 4.98 Å². The van der Waals surface area contributed by atoms with Crippen LogP contribution in [-0.2, 0) is 6.42 Å². The molecule has 2 nitrogen and oxygen atoms in total. The minimum absolute atomic E-state index is 0.850. The summed E-state index contributed by atoms with van der Waals surface area (Å²) in [6.45, 7) is 2.05. The van der Waals surface area contributed by atoms with Crippen LogP contribution in [0.25, 0.3) is 10.9 Å². The Hall–Kier alpha value is -2.35. The Labute approximate surface area is 112 Å². The maximum absolute atomic E-state index is 5.86. The SMILES string of the molecule is Cc1cc(Cc2ccnc3ccccc23)ccc1N. The number of anilines is 1. The van der Waals surface area contributed by atoms with Gasteiger partial charge in [-0.25, -0.2) is 0 Å². The molecular formula is C17H16N2. The van der Waals surface area contributed by atoms with E-state index >= 15 is 0 Å². The van der Waals surface area contributed by atoms with E-state index < -0.39 is 0 Å². The molecule has 19 heavy (non-hydrogen) atoms. The van der Waals surface area contributed by atoms with E-state index in [1.54, 1.807) is 0 Å². The Morgan fingerprint density at radius 3 is 2.74 bits per heavy atom. The van der Waals surface area contributed by atoms with Gasteiger partial charge in [-0.2, -0.15) is 0 Å². The van der Waals surface area contributed by atoms with E-state index in [4.69, 9.17) is 5.73 Å². The zero-order chi connectivity index (χ0) is 13.2. The highest BCUT2D eigenvalue weighted by atomic mass is 14.6. The highest BCUT2D eigenvalue weighted by Gasteiger charge is 2.03. The van der Waals surface area contributed by atoms with Crippen molar-refractivity contribution in [3.8, 4) is 0 Å². The van der Waals surface area contributed by atoms with E-state index in [0.717, 1.165) is 23.2 Å². The molecular weight excluding hydrogens is 232 g/mol. The normalized spacial score (nSPS) is 10.8. The molecule has 2 heteroatoms. The third kappa shape index (κ3) is 2.29. The zero-order valence-electron chi connectivity index (χ0n) is 10.9. The lowest BCUT2D eigenvalue weighted by Crippen LogP contribution is -1.94. The van der Waals surface area contributed by atoms with Gasteiger partial charge >= 0.3 is 0 Å². The smallest absolute Gasteiger partial charge is 0.0704 e. The van der Waals surface area contributed by atoms with Gasteiger partial charge in [0.25, 0.3) is 0 Å². The van der Waals surface area contributed by atoms with E-state index in [1.165, 1.54) is 16.5 Å². The average Bonchev–Trinajstić information content (AvgIpc) is 2.43. The molecule has 0 saturated heterocycles. The third-order valence-corrected chi connectivity index (χ3v) is 3.47. The number of para-hydroxylation sites is 1. The van der Waals surface area contributed by atoms with Crippen LogP contribution < -0.4 is 5.73 Å². The highest BCUT2D eigenvalue weighted by molar-refractivity contribution is 5.82.